The van der Waals surface area contributed by atoms with Gasteiger partial charge >= 0.3 is 0 Å². The molecule has 0 saturated heterocycles. The number of nitrogens with two attached hydrogens (primary N) is 1. The van der Waals surface area contributed by atoms with Crippen LogP contribution in [0.25, 0.3) is 0 Å². The number of aromatic nitrogens is 1. The van der Waals surface area contributed by atoms with E-state index in [0.29, 0.717) is 0 Å². The van der Waals surface area contributed by atoms with E-state index in [9.17, 15) is 0 Å². The van der Waals surface area contributed by atoms with E-state index >= 15 is 0 Å². The Balaban J connectivity index is 2.32. The molecule has 1 atom stereocenters. The molecule has 0 spiro atoms. The topological polar surface area (TPSA) is 48.1 Å². The Kier molecular flexibility index (Phi) is 5.26. The van der Waals surface area contributed by atoms with Crippen LogP contribution >= 0.6 is 0 Å². The lowest BCUT2D eigenvalue weighted by Gasteiger charge is -2.09. The van der Waals surface area contributed by atoms with Crippen LogP contribution in [0.3, 0.4) is 0 Å². The zero-order valence-corrected chi connectivity index (χ0v) is 10.4. The van der Waals surface area contributed by atoms with Gasteiger partial charge in [-0.05, 0) is 37.8 Å². The maximum Gasteiger partial charge on any atom is 0.137 e. The molecule has 0 aliphatic heterocycles. The Hall–Kier alpha value is -1.09. The summed E-state index contributed by atoms with van der Waals surface area (Å²) in [4.78, 5) is 4.24. The van der Waals surface area contributed by atoms with Crippen molar-refractivity contribution in [3.05, 3.63) is 24.0 Å². The summed E-state index contributed by atoms with van der Waals surface area (Å²) >= 11 is 0. The minimum Gasteiger partial charge on any atom is -0.492 e. The first-order chi connectivity index (χ1) is 7.59. The van der Waals surface area contributed by atoms with Crippen LogP contribution in [0.1, 0.15) is 45.3 Å². The first-order valence-electron chi connectivity index (χ1n) is 5.94. The molecule has 0 amide bonds. The molecule has 0 aromatic carbocycles. The summed E-state index contributed by atoms with van der Waals surface area (Å²) in [6, 6.07) is 3.83. The van der Waals surface area contributed by atoms with Gasteiger partial charge in [-0.25, -0.2) is 0 Å². The van der Waals surface area contributed by atoms with Gasteiger partial charge in [-0.3, -0.25) is 4.98 Å². The van der Waals surface area contributed by atoms with E-state index in [-0.39, 0.29) is 6.04 Å². The van der Waals surface area contributed by atoms with Gasteiger partial charge in [-0.2, -0.15) is 0 Å². The smallest absolute Gasteiger partial charge is 0.137 e. The second kappa shape index (κ2) is 6.48. The second-order valence-corrected chi connectivity index (χ2v) is 4.59. The van der Waals surface area contributed by atoms with Crippen LogP contribution in [0.15, 0.2) is 18.3 Å². The Bertz CT molecular complexity index is 293. The van der Waals surface area contributed by atoms with Crippen LogP contribution in [-0.4, -0.2) is 11.6 Å². The van der Waals surface area contributed by atoms with Gasteiger partial charge in [0.2, 0.25) is 0 Å². The summed E-state index contributed by atoms with van der Waals surface area (Å²) in [5.74, 6) is 1.57. The van der Waals surface area contributed by atoms with Gasteiger partial charge in [0.05, 0.1) is 18.5 Å². The summed E-state index contributed by atoms with van der Waals surface area (Å²) in [6.07, 6.45) is 4.03. The SMILES string of the molecule is CC(C)CCCOc1ccc(C(C)N)nc1. The Labute approximate surface area is 98.0 Å². The first-order valence-corrected chi connectivity index (χ1v) is 5.94. The van der Waals surface area contributed by atoms with Crippen molar-refractivity contribution >= 4 is 0 Å². The summed E-state index contributed by atoms with van der Waals surface area (Å²) in [7, 11) is 0. The van der Waals surface area contributed by atoms with Gasteiger partial charge < -0.3 is 10.5 Å². The quantitative estimate of drug-likeness (QED) is 0.753. The lowest BCUT2D eigenvalue weighted by atomic mass is 10.1. The van der Waals surface area contributed by atoms with Gasteiger partial charge in [0.25, 0.3) is 0 Å². The molecule has 1 unspecified atom stereocenters. The van der Waals surface area contributed by atoms with Crippen molar-refractivity contribution in [3.63, 3.8) is 0 Å². The standard InChI is InChI=1S/C13H22N2O/c1-10(2)5-4-8-16-12-6-7-13(11(3)14)15-9-12/h6-7,9-11H,4-5,8,14H2,1-3H3. The van der Waals surface area contributed by atoms with Gasteiger partial charge in [0.1, 0.15) is 5.75 Å². The van der Waals surface area contributed by atoms with E-state index in [4.69, 9.17) is 10.5 Å². The van der Waals surface area contributed by atoms with Crippen molar-refractivity contribution in [1.82, 2.24) is 4.98 Å². The van der Waals surface area contributed by atoms with Crippen molar-refractivity contribution in [3.8, 4) is 5.75 Å². The van der Waals surface area contributed by atoms with Crippen molar-refractivity contribution in [1.29, 1.82) is 0 Å². The zero-order valence-electron chi connectivity index (χ0n) is 10.4. The van der Waals surface area contributed by atoms with Crippen LogP contribution in [0.2, 0.25) is 0 Å². The van der Waals surface area contributed by atoms with Crippen LogP contribution < -0.4 is 10.5 Å². The van der Waals surface area contributed by atoms with Gasteiger partial charge in [0, 0.05) is 6.04 Å². The maximum atomic E-state index is 5.72. The molecule has 1 rings (SSSR count). The fraction of sp³-hybridized carbons (Fsp3) is 0.615. The van der Waals surface area contributed by atoms with Crippen molar-refractivity contribution in [2.24, 2.45) is 11.7 Å². The highest BCUT2D eigenvalue weighted by Gasteiger charge is 2.01. The van der Waals surface area contributed by atoms with Crippen molar-refractivity contribution in [2.75, 3.05) is 6.61 Å². The molecule has 1 aromatic rings. The van der Waals surface area contributed by atoms with E-state index in [1.807, 2.05) is 19.1 Å². The molecule has 3 nitrogen and oxygen atoms in total. The molecule has 0 radical (unpaired) electrons. The predicted molar refractivity (Wildman–Crippen MR) is 66.4 cm³/mol. The summed E-state index contributed by atoms with van der Waals surface area (Å²) in [5, 5.41) is 0. The second-order valence-electron chi connectivity index (χ2n) is 4.59. The normalized spacial score (nSPS) is 12.8. The van der Waals surface area contributed by atoms with Crippen LogP contribution in [0.5, 0.6) is 5.75 Å². The van der Waals surface area contributed by atoms with Gasteiger partial charge in [0.15, 0.2) is 0 Å². The largest absolute Gasteiger partial charge is 0.492 e. The average Bonchev–Trinajstić information content (AvgIpc) is 2.25. The Morgan fingerprint density at radius 3 is 2.56 bits per heavy atom. The molecule has 0 saturated carbocycles. The molecule has 90 valence electrons. The molecule has 0 bridgehead atoms. The third-order valence-corrected chi connectivity index (χ3v) is 2.42. The third-order valence-electron chi connectivity index (χ3n) is 2.42. The lowest BCUT2D eigenvalue weighted by molar-refractivity contribution is 0.296. The van der Waals surface area contributed by atoms with E-state index in [1.54, 1.807) is 6.20 Å². The Morgan fingerprint density at radius 2 is 2.06 bits per heavy atom. The summed E-state index contributed by atoms with van der Waals surface area (Å²) in [5.41, 5.74) is 6.61. The number of ether oxygens (including phenoxy) is 1. The van der Waals surface area contributed by atoms with Crippen LogP contribution in [0.4, 0.5) is 0 Å². The lowest BCUT2D eigenvalue weighted by Crippen LogP contribution is -2.07. The number of nitrogens with zero attached hydrogens (tertiary/aromatic N) is 1. The number of pyridine rings is 1. The fourth-order valence-corrected chi connectivity index (χ4v) is 1.43. The molecule has 3 heteroatoms. The maximum absolute atomic E-state index is 5.72. The molecular weight excluding hydrogens is 200 g/mol. The molecule has 0 aliphatic rings. The summed E-state index contributed by atoms with van der Waals surface area (Å²) in [6.45, 7) is 7.13. The summed E-state index contributed by atoms with van der Waals surface area (Å²) < 4.78 is 5.59. The minimum absolute atomic E-state index is 0.0185. The molecule has 2 N–H and O–H groups in total. The first kappa shape index (κ1) is 13.0. The van der Waals surface area contributed by atoms with Gasteiger partial charge in [-0.15, -0.1) is 0 Å². The third kappa shape index (κ3) is 4.62. The Morgan fingerprint density at radius 1 is 1.31 bits per heavy atom. The van der Waals surface area contributed by atoms with Crippen LogP contribution in [-0.2, 0) is 0 Å². The fourth-order valence-electron chi connectivity index (χ4n) is 1.43. The predicted octanol–water partition coefficient (Wildman–Crippen LogP) is 2.92. The van der Waals surface area contributed by atoms with E-state index < -0.39 is 0 Å². The molecule has 0 fully saturated rings. The van der Waals surface area contributed by atoms with E-state index in [1.165, 1.54) is 6.42 Å². The van der Waals surface area contributed by atoms with Crippen LogP contribution in [0, 0.1) is 5.92 Å². The number of hydrogen-bond donors (Lipinski definition) is 1. The highest BCUT2D eigenvalue weighted by atomic mass is 16.5. The van der Waals surface area contributed by atoms with Crippen molar-refractivity contribution < 1.29 is 4.74 Å². The van der Waals surface area contributed by atoms with Gasteiger partial charge in [-0.1, -0.05) is 13.8 Å². The minimum atomic E-state index is -0.0185. The van der Waals surface area contributed by atoms with E-state index in [0.717, 1.165) is 30.4 Å². The molecule has 1 aromatic heterocycles. The monoisotopic (exact) mass is 222 g/mol. The number of rotatable bonds is 6. The highest BCUT2D eigenvalue weighted by Crippen LogP contribution is 2.13. The van der Waals surface area contributed by atoms with Crippen molar-refractivity contribution in [2.45, 2.75) is 39.7 Å². The molecular formula is C13H22N2O. The molecule has 1 heterocycles. The molecule has 16 heavy (non-hydrogen) atoms. The average molecular weight is 222 g/mol. The molecule has 0 aliphatic carbocycles. The number of hydrogen-bond acceptors (Lipinski definition) is 3. The highest BCUT2D eigenvalue weighted by molar-refractivity contribution is 5.21. The van der Waals surface area contributed by atoms with E-state index in [2.05, 4.69) is 18.8 Å². The zero-order chi connectivity index (χ0) is 12.0.